The van der Waals surface area contributed by atoms with Crippen LogP contribution >= 0.6 is 0 Å². The largest absolute Gasteiger partial charge is 0.355 e. The zero-order chi connectivity index (χ0) is 16.6. The van der Waals surface area contributed by atoms with Crippen LogP contribution in [0.5, 0.6) is 0 Å². The maximum atomic E-state index is 3.59. The maximum Gasteiger partial charge on any atom is 0.0463 e. The summed E-state index contributed by atoms with van der Waals surface area (Å²) in [6.45, 7) is 0. The lowest BCUT2D eigenvalue weighted by molar-refractivity contribution is 1.60. The summed E-state index contributed by atoms with van der Waals surface area (Å²) in [7, 11) is 0. The molecule has 1 heteroatoms. The van der Waals surface area contributed by atoms with Crippen molar-refractivity contribution in [3.63, 3.8) is 0 Å². The van der Waals surface area contributed by atoms with Crippen LogP contribution in [0.4, 0.5) is 11.4 Å². The molecule has 0 bridgehead atoms. The van der Waals surface area contributed by atoms with E-state index in [1.807, 2.05) is 0 Å². The molecule has 25 heavy (non-hydrogen) atoms. The fourth-order valence-corrected chi connectivity index (χ4v) is 3.58. The van der Waals surface area contributed by atoms with Crippen molar-refractivity contribution in [3.8, 4) is 0 Å². The van der Waals surface area contributed by atoms with Gasteiger partial charge in [0.05, 0.1) is 0 Å². The van der Waals surface area contributed by atoms with Crippen molar-refractivity contribution in [2.24, 2.45) is 0 Å². The van der Waals surface area contributed by atoms with Crippen molar-refractivity contribution in [2.45, 2.75) is 0 Å². The molecule has 5 aromatic carbocycles. The van der Waals surface area contributed by atoms with E-state index in [9.17, 15) is 0 Å². The highest BCUT2D eigenvalue weighted by Crippen LogP contribution is 2.30. The predicted octanol–water partition coefficient (Wildman–Crippen LogP) is 6.89. The van der Waals surface area contributed by atoms with Crippen LogP contribution in [-0.2, 0) is 0 Å². The minimum Gasteiger partial charge on any atom is -0.355 e. The Morgan fingerprint density at radius 1 is 0.440 bits per heavy atom. The first kappa shape index (κ1) is 14.1. The van der Waals surface area contributed by atoms with Gasteiger partial charge in [0.25, 0.3) is 0 Å². The summed E-state index contributed by atoms with van der Waals surface area (Å²) in [6, 6.07) is 34.4. The molecule has 118 valence electrons. The summed E-state index contributed by atoms with van der Waals surface area (Å²) in [4.78, 5) is 0. The van der Waals surface area contributed by atoms with E-state index in [1.165, 1.54) is 32.3 Å². The zero-order valence-corrected chi connectivity index (χ0v) is 13.7. The van der Waals surface area contributed by atoms with Gasteiger partial charge in [-0.05, 0) is 45.1 Å². The Morgan fingerprint density at radius 3 is 1.96 bits per heavy atom. The smallest absolute Gasteiger partial charge is 0.0463 e. The molecule has 0 heterocycles. The maximum absolute atomic E-state index is 3.59. The fraction of sp³-hybridized carbons (Fsp3) is 0. The lowest BCUT2D eigenvalue weighted by Gasteiger charge is -2.11. The highest BCUT2D eigenvalue weighted by atomic mass is 14.9. The van der Waals surface area contributed by atoms with Crippen molar-refractivity contribution in [1.82, 2.24) is 0 Å². The van der Waals surface area contributed by atoms with E-state index < -0.39 is 0 Å². The minimum atomic E-state index is 1.11. The van der Waals surface area contributed by atoms with Gasteiger partial charge in [-0.15, -0.1) is 0 Å². The van der Waals surface area contributed by atoms with E-state index in [0.29, 0.717) is 0 Å². The van der Waals surface area contributed by atoms with Crippen LogP contribution < -0.4 is 5.32 Å². The molecular weight excluding hydrogens is 302 g/mol. The second-order valence-electron chi connectivity index (χ2n) is 6.37. The number of hydrogen-bond acceptors (Lipinski definition) is 1. The van der Waals surface area contributed by atoms with E-state index >= 15 is 0 Å². The van der Waals surface area contributed by atoms with Crippen LogP contribution in [0.3, 0.4) is 0 Å². The molecule has 0 saturated heterocycles. The third-order valence-corrected chi connectivity index (χ3v) is 4.81. The lowest BCUT2D eigenvalue weighted by atomic mass is 10.0. The van der Waals surface area contributed by atoms with E-state index in [2.05, 4.69) is 102 Å². The molecule has 0 unspecified atom stereocenters. The van der Waals surface area contributed by atoms with Crippen LogP contribution in [0.15, 0.2) is 97.1 Å². The monoisotopic (exact) mass is 319 g/mol. The molecule has 5 aromatic rings. The molecule has 0 amide bonds. The number of nitrogens with one attached hydrogen (secondary N) is 1. The zero-order valence-electron chi connectivity index (χ0n) is 13.7. The van der Waals surface area contributed by atoms with Gasteiger partial charge in [0.2, 0.25) is 0 Å². The first-order valence-electron chi connectivity index (χ1n) is 8.55. The second kappa shape index (κ2) is 5.64. The Labute approximate surface area is 146 Å². The van der Waals surface area contributed by atoms with Crippen LogP contribution in [-0.4, -0.2) is 0 Å². The topological polar surface area (TPSA) is 12.0 Å². The van der Waals surface area contributed by atoms with Gasteiger partial charge in [-0.1, -0.05) is 78.9 Å². The average Bonchev–Trinajstić information content (AvgIpc) is 2.68. The van der Waals surface area contributed by atoms with Crippen molar-refractivity contribution >= 4 is 43.7 Å². The summed E-state index contributed by atoms with van der Waals surface area (Å²) in [5, 5.41) is 11.2. The number of benzene rings is 5. The van der Waals surface area contributed by atoms with Gasteiger partial charge in [-0.3, -0.25) is 0 Å². The highest BCUT2D eigenvalue weighted by molar-refractivity contribution is 6.08. The highest BCUT2D eigenvalue weighted by Gasteiger charge is 2.04. The Morgan fingerprint density at radius 2 is 1.08 bits per heavy atom. The molecule has 0 spiro atoms. The van der Waals surface area contributed by atoms with Crippen molar-refractivity contribution < 1.29 is 0 Å². The molecule has 0 aliphatic rings. The molecule has 0 fully saturated rings. The summed E-state index contributed by atoms with van der Waals surface area (Å²) < 4.78 is 0. The van der Waals surface area contributed by atoms with Gasteiger partial charge >= 0.3 is 0 Å². The molecule has 0 atom stereocenters. The predicted molar refractivity (Wildman–Crippen MR) is 109 cm³/mol. The van der Waals surface area contributed by atoms with Crippen LogP contribution in [0.2, 0.25) is 0 Å². The van der Waals surface area contributed by atoms with Gasteiger partial charge in [-0.2, -0.15) is 0 Å². The normalized spacial score (nSPS) is 11.2. The fourth-order valence-electron chi connectivity index (χ4n) is 3.58. The number of fused-ring (bicyclic) bond motifs is 4. The van der Waals surface area contributed by atoms with Crippen molar-refractivity contribution in [3.05, 3.63) is 97.1 Å². The first-order chi connectivity index (χ1) is 12.4. The number of anilines is 2. The van der Waals surface area contributed by atoms with Crippen molar-refractivity contribution in [1.29, 1.82) is 0 Å². The Hall–Kier alpha value is -3.32. The minimum absolute atomic E-state index is 1.11. The Kier molecular flexibility index (Phi) is 3.17. The molecule has 0 aliphatic heterocycles. The third kappa shape index (κ3) is 2.41. The van der Waals surface area contributed by atoms with Gasteiger partial charge in [0.1, 0.15) is 0 Å². The number of rotatable bonds is 2. The van der Waals surface area contributed by atoms with Crippen LogP contribution in [0.25, 0.3) is 32.3 Å². The summed E-state index contributed by atoms with van der Waals surface area (Å²) >= 11 is 0. The number of hydrogen-bond donors (Lipinski definition) is 1. The molecule has 0 saturated carbocycles. The van der Waals surface area contributed by atoms with E-state index in [4.69, 9.17) is 0 Å². The average molecular weight is 319 g/mol. The van der Waals surface area contributed by atoms with Gasteiger partial charge in [-0.25, -0.2) is 0 Å². The van der Waals surface area contributed by atoms with Crippen LogP contribution in [0.1, 0.15) is 0 Å². The summed E-state index contributed by atoms with van der Waals surface area (Å²) in [6.07, 6.45) is 0. The van der Waals surface area contributed by atoms with Gasteiger partial charge < -0.3 is 5.32 Å². The molecule has 0 aliphatic carbocycles. The third-order valence-electron chi connectivity index (χ3n) is 4.81. The van der Waals surface area contributed by atoms with Gasteiger partial charge in [0.15, 0.2) is 0 Å². The second-order valence-corrected chi connectivity index (χ2v) is 6.37. The van der Waals surface area contributed by atoms with E-state index in [-0.39, 0.29) is 0 Å². The molecule has 0 aromatic heterocycles. The molecule has 1 nitrogen and oxygen atoms in total. The SMILES string of the molecule is c1ccc2c(Nc3ccc4c(ccc5ccccc54)c3)cccc2c1. The first-order valence-corrected chi connectivity index (χ1v) is 8.55. The van der Waals surface area contributed by atoms with Crippen molar-refractivity contribution in [2.75, 3.05) is 5.32 Å². The molecule has 1 N–H and O–H groups in total. The van der Waals surface area contributed by atoms with Crippen LogP contribution in [0, 0.1) is 0 Å². The molecule has 0 radical (unpaired) electrons. The van der Waals surface area contributed by atoms with E-state index in [0.717, 1.165) is 11.4 Å². The lowest BCUT2D eigenvalue weighted by Crippen LogP contribution is -1.91. The molecular formula is C24H17N. The Balaban J connectivity index is 1.62. The summed E-state index contributed by atoms with van der Waals surface area (Å²) in [5.74, 6) is 0. The quantitative estimate of drug-likeness (QED) is 0.349. The standard InChI is InChI=1S/C24H17N/c1-3-9-21-18(7-1)12-13-19-16-20(14-15-22(19)21)25-24-11-5-8-17-6-2-4-10-23(17)24/h1-16,25H. The molecule has 5 rings (SSSR count). The van der Waals surface area contributed by atoms with Gasteiger partial charge in [0, 0.05) is 16.8 Å². The Bertz CT molecular complexity index is 1220. The van der Waals surface area contributed by atoms with E-state index in [1.54, 1.807) is 0 Å². The summed E-state index contributed by atoms with van der Waals surface area (Å²) in [5.41, 5.74) is 2.25.